The van der Waals surface area contributed by atoms with Crippen molar-refractivity contribution in [2.75, 3.05) is 4.72 Å². The normalized spacial score (nSPS) is 12.4. The maximum Gasteiger partial charge on any atom is 0.338 e. The Morgan fingerprint density at radius 1 is 1.00 bits per heavy atom. The van der Waals surface area contributed by atoms with Crippen LogP contribution >= 0.6 is 0 Å². The van der Waals surface area contributed by atoms with E-state index in [0.29, 0.717) is 12.1 Å². The Hall–Kier alpha value is -3.54. The number of nitrogens with one attached hydrogen (secondary N) is 3. The molecule has 0 fully saturated rings. The number of carbonyl (C=O) groups excluding carboxylic acids is 3. The van der Waals surface area contributed by atoms with Gasteiger partial charge in [-0.1, -0.05) is 6.07 Å². The second kappa shape index (κ2) is 9.94. The first-order chi connectivity index (χ1) is 15.2. The minimum absolute atomic E-state index is 0.0594. The van der Waals surface area contributed by atoms with Gasteiger partial charge in [0.1, 0.15) is 0 Å². The van der Waals surface area contributed by atoms with Crippen molar-refractivity contribution in [2.45, 2.75) is 44.2 Å². The molecule has 2 aromatic carbocycles. The molecule has 0 aliphatic rings. The third kappa shape index (κ3) is 7.52. The molecule has 0 saturated heterocycles. The highest BCUT2D eigenvalue weighted by molar-refractivity contribution is 7.92. The fraction of sp³-hybridized carbons (Fsp3) is 0.286. The number of halogens is 2. The molecule has 1 atom stereocenters. The summed E-state index contributed by atoms with van der Waals surface area (Å²) in [5, 5.41) is 4.57. The van der Waals surface area contributed by atoms with Crippen LogP contribution in [0.4, 0.5) is 19.3 Å². The summed E-state index contributed by atoms with van der Waals surface area (Å²) in [6.07, 6.45) is -1.33. The number of sulfonamides is 1. The molecule has 2 aromatic rings. The number of hydrogen-bond donors (Lipinski definition) is 3. The van der Waals surface area contributed by atoms with E-state index in [9.17, 15) is 31.6 Å². The number of hydrogen-bond acceptors (Lipinski definition) is 6. The van der Waals surface area contributed by atoms with E-state index in [4.69, 9.17) is 4.74 Å². The topological polar surface area (TPSA) is 131 Å². The van der Waals surface area contributed by atoms with Crippen LogP contribution in [-0.2, 0) is 19.6 Å². The summed E-state index contributed by atoms with van der Waals surface area (Å²) in [6.45, 7) is 6.41. The highest BCUT2D eigenvalue weighted by atomic mass is 32.2. The predicted octanol–water partition coefficient (Wildman–Crippen LogP) is 2.94. The molecule has 0 saturated carbocycles. The van der Waals surface area contributed by atoms with Crippen molar-refractivity contribution in [3.05, 3.63) is 59.7 Å². The van der Waals surface area contributed by atoms with Gasteiger partial charge in [0.2, 0.25) is 0 Å². The molecule has 9 nitrogen and oxygen atoms in total. The number of imide groups is 1. The molecule has 0 aliphatic heterocycles. The number of esters is 1. The van der Waals surface area contributed by atoms with E-state index in [1.165, 1.54) is 25.1 Å². The molecule has 0 unspecified atom stereocenters. The smallest absolute Gasteiger partial charge is 0.338 e. The van der Waals surface area contributed by atoms with Gasteiger partial charge in [-0.25, -0.2) is 26.8 Å². The third-order valence-electron chi connectivity index (χ3n) is 3.93. The molecule has 3 N–H and O–H groups in total. The van der Waals surface area contributed by atoms with Crippen LogP contribution in [0, 0.1) is 11.6 Å². The summed E-state index contributed by atoms with van der Waals surface area (Å²) in [5.74, 6) is -4.35. The van der Waals surface area contributed by atoms with Crippen LogP contribution in [-0.4, -0.2) is 38.0 Å². The lowest BCUT2D eigenvalue weighted by molar-refractivity contribution is -0.127. The molecule has 3 amide bonds. The van der Waals surface area contributed by atoms with Crippen LogP contribution in [0.3, 0.4) is 0 Å². The molecule has 33 heavy (non-hydrogen) atoms. The van der Waals surface area contributed by atoms with Crippen LogP contribution in [0.1, 0.15) is 38.1 Å². The third-order valence-corrected chi connectivity index (χ3v) is 5.31. The number of rotatable bonds is 6. The summed E-state index contributed by atoms with van der Waals surface area (Å²) >= 11 is 0. The Morgan fingerprint density at radius 3 is 2.27 bits per heavy atom. The maximum absolute atomic E-state index is 13.4. The van der Waals surface area contributed by atoms with Gasteiger partial charge >= 0.3 is 12.0 Å². The van der Waals surface area contributed by atoms with Gasteiger partial charge in [-0.05, 0) is 64.1 Å². The van der Waals surface area contributed by atoms with Crippen molar-refractivity contribution >= 4 is 33.6 Å². The van der Waals surface area contributed by atoms with E-state index in [-0.39, 0.29) is 11.3 Å². The molecular formula is C21H23F2N3O6S. The van der Waals surface area contributed by atoms with Crippen LogP contribution in [0.25, 0.3) is 0 Å². The second-order valence-corrected chi connectivity index (χ2v) is 9.69. The minimum Gasteiger partial charge on any atom is -0.449 e. The lowest BCUT2D eigenvalue weighted by Crippen LogP contribution is -2.50. The van der Waals surface area contributed by atoms with Gasteiger partial charge in [-0.15, -0.1) is 0 Å². The van der Waals surface area contributed by atoms with Crippen LogP contribution in [0.5, 0.6) is 0 Å². The Kier molecular flexibility index (Phi) is 7.75. The maximum atomic E-state index is 13.4. The summed E-state index contributed by atoms with van der Waals surface area (Å²) in [5.41, 5.74) is -0.743. The van der Waals surface area contributed by atoms with Gasteiger partial charge in [-0.2, -0.15) is 0 Å². The van der Waals surface area contributed by atoms with Crippen molar-refractivity contribution < 1.29 is 36.3 Å². The molecule has 0 aliphatic carbocycles. The SMILES string of the molecule is C[C@@H](OC(=O)c1cccc(NS(=O)(=O)c2ccc(F)c(F)c2)c1)C(=O)NC(=O)NC(C)(C)C. The number of amides is 3. The standard InChI is InChI=1S/C21H23F2N3O6S/c1-12(18(27)24-20(29)25-21(2,3)4)32-19(28)13-6-5-7-14(10-13)26-33(30,31)15-8-9-16(22)17(23)11-15/h5-12,26H,1-4H3,(H2,24,25,27,29)/t12-/m1/s1. The van der Waals surface area contributed by atoms with E-state index in [0.717, 1.165) is 12.1 Å². The monoisotopic (exact) mass is 483 g/mol. The Balaban J connectivity index is 2.07. The van der Waals surface area contributed by atoms with Gasteiger partial charge in [0.15, 0.2) is 17.7 Å². The van der Waals surface area contributed by atoms with Crippen LogP contribution < -0.4 is 15.4 Å². The van der Waals surface area contributed by atoms with Gasteiger partial charge in [-0.3, -0.25) is 14.8 Å². The van der Waals surface area contributed by atoms with Gasteiger partial charge in [0.25, 0.3) is 15.9 Å². The molecule has 2 rings (SSSR count). The first-order valence-corrected chi connectivity index (χ1v) is 11.1. The van der Waals surface area contributed by atoms with Crippen molar-refractivity contribution in [3.63, 3.8) is 0 Å². The second-order valence-electron chi connectivity index (χ2n) is 8.00. The summed E-state index contributed by atoms with van der Waals surface area (Å²) in [4.78, 5) is 35.7. The molecule has 0 bridgehead atoms. The van der Waals surface area contributed by atoms with Crippen molar-refractivity contribution in [1.82, 2.24) is 10.6 Å². The predicted molar refractivity (Wildman–Crippen MR) is 115 cm³/mol. The number of ether oxygens (including phenoxy) is 1. The van der Waals surface area contributed by atoms with Crippen LogP contribution in [0.15, 0.2) is 47.4 Å². The largest absolute Gasteiger partial charge is 0.449 e. The average Bonchev–Trinajstić information content (AvgIpc) is 2.68. The van der Waals surface area contributed by atoms with Crippen molar-refractivity contribution in [1.29, 1.82) is 0 Å². The number of anilines is 1. The zero-order valence-electron chi connectivity index (χ0n) is 18.2. The quantitative estimate of drug-likeness (QED) is 0.542. The lowest BCUT2D eigenvalue weighted by Gasteiger charge is -2.21. The Labute approximate surface area is 189 Å². The van der Waals surface area contributed by atoms with Crippen molar-refractivity contribution in [3.8, 4) is 0 Å². The molecule has 0 spiro atoms. The highest BCUT2D eigenvalue weighted by Crippen LogP contribution is 2.20. The number of carbonyl (C=O) groups is 3. The van der Waals surface area contributed by atoms with Crippen molar-refractivity contribution in [2.24, 2.45) is 0 Å². The minimum atomic E-state index is -4.28. The molecule has 0 radical (unpaired) electrons. The first kappa shape index (κ1) is 25.7. The zero-order valence-corrected chi connectivity index (χ0v) is 19.0. The van der Waals surface area contributed by atoms with Gasteiger partial charge in [0.05, 0.1) is 10.5 Å². The Bertz CT molecular complexity index is 1180. The summed E-state index contributed by atoms with van der Waals surface area (Å²) < 4.78 is 58.4. The van der Waals surface area contributed by atoms with Gasteiger partial charge < -0.3 is 10.1 Å². The van der Waals surface area contributed by atoms with E-state index < -0.39 is 56.1 Å². The summed E-state index contributed by atoms with van der Waals surface area (Å²) in [7, 11) is -4.28. The molecule has 0 heterocycles. The van der Waals surface area contributed by atoms with E-state index in [1.807, 2.05) is 5.32 Å². The first-order valence-electron chi connectivity index (χ1n) is 9.60. The van der Waals surface area contributed by atoms with Gasteiger partial charge in [0, 0.05) is 11.2 Å². The number of benzene rings is 2. The fourth-order valence-electron chi connectivity index (χ4n) is 2.44. The molecule has 12 heteroatoms. The van der Waals surface area contributed by atoms with E-state index in [2.05, 4.69) is 10.0 Å². The Morgan fingerprint density at radius 2 is 1.67 bits per heavy atom. The highest BCUT2D eigenvalue weighted by Gasteiger charge is 2.23. The molecule has 178 valence electrons. The lowest BCUT2D eigenvalue weighted by atomic mass is 10.1. The summed E-state index contributed by atoms with van der Waals surface area (Å²) in [6, 6.07) is 6.43. The van der Waals surface area contributed by atoms with E-state index >= 15 is 0 Å². The van der Waals surface area contributed by atoms with Crippen LogP contribution in [0.2, 0.25) is 0 Å². The van der Waals surface area contributed by atoms with E-state index in [1.54, 1.807) is 20.8 Å². The molecular weight excluding hydrogens is 460 g/mol. The number of urea groups is 1. The molecule has 0 aromatic heterocycles. The fourth-order valence-corrected chi connectivity index (χ4v) is 3.50. The zero-order chi connectivity index (χ0) is 25.0. The average molecular weight is 483 g/mol.